The number of carboxylic acids is 1. The molecule has 0 saturated carbocycles. The lowest BCUT2D eigenvalue weighted by atomic mass is 10.1. The van der Waals surface area contributed by atoms with Crippen LogP contribution in [0.5, 0.6) is 0 Å². The van der Waals surface area contributed by atoms with Gasteiger partial charge in [0.15, 0.2) is 0 Å². The van der Waals surface area contributed by atoms with Crippen LogP contribution in [-0.2, 0) is 0 Å². The fourth-order valence-corrected chi connectivity index (χ4v) is 2.03. The van der Waals surface area contributed by atoms with Crippen LogP contribution in [0.1, 0.15) is 10.4 Å². The summed E-state index contributed by atoms with van der Waals surface area (Å²) in [6.07, 6.45) is 1.14. The van der Waals surface area contributed by atoms with Crippen molar-refractivity contribution >= 4 is 29.2 Å². The molecule has 2 aromatic rings. The molecule has 0 saturated heterocycles. The van der Waals surface area contributed by atoms with Crippen LogP contribution in [0.4, 0.5) is 0 Å². The van der Waals surface area contributed by atoms with Gasteiger partial charge in [0.05, 0.1) is 10.6 Å². The first-order valence-corrected chi connectivity index (χ1v) is 5.66. The minimum Gasteiger partial charge on any atom is -0.478 e. The Morgan fingerprint density at radius 2 is 1.89 bits per heavy atom. The molecule has 1 aromatic carbocycles. The maximum atomic E-state index is 11.7. The van der Waals surface area contributed by atoms with Crippen LogP contribution in [0, 0.1) is 0 Å². The largest absolute Gasteiger partial charge is 0.478 e. The van der Waals surface area contributed by atoms with Gasteiger partial charge >= 0.3 is 5.97 Å². The van der Waals surface area contributed by atoms with Crippen LogP contribution in [-0.4, -0.2) is 16.1 Å². The average molecular weight is 284 g/mol. The summed E-state index contributed by atoms with van der Waals surface area (Å²) in [5.74, 6) is -1.13. The fourth-order valence-electron chi connectivity index (χ4n) is 1.52. The second-order valence-electron chi connectivity index (χ2n) is 3.56. The number of carboxylic acid groups (broad SMARTS) is 1. The second-order valence-corrected chi connectivity index (χ2v) is 4.40. The van der Waals surface area contributed by atoms with Gasteiger partial charge in [-0.1, -0.05) is 29.3 Å². The van der Waals surface area contributed by atoms with Crippen LogP contribution >= 0.6 is 23.2 Å². The Balaban J connectivity index is 2.66. The number of aromatic amines is 1. The third-order valence-corrected chi connectivity index (χ3v) is 2.92. The van der Waals surface area contributed by atoms with E-state index in [1.165, 1.54) is 12.1 Å². The van der Waals surface area contributed by atoms with E-state index in [1.807, 2.05) is 0 Å². The number of carbonyl (C=O) groups is 1. The van der Waals surface area contributed by atoms with E-state index in [1.54, 1.807) is 12.1 Å². The predicted molar refractivity (Wildman–Crippen MR) is 69.5 cm³/mol. The van der Waals surface area contributed by atoms with Gasteiger partial charge in [-0.3, -0.25) is 4.79 Å². The summed E-state index contributed by atoms with van der Waals surface area (Å²) < 4.78 is 0. The van der Waals surface area contributed by atoms with Gasteiger partial charge < -0.3 is 10.1 Å². The molecule has 0 unspecified atom stereocenters. The Labute approximate surface area is 112 Å². The average Bonchev–Trinajstić information content (AvgIpc) is 2.30. The van der Waals surface area contributed by atoms with Crippen molar-refractivity contribution in [3.8, 4) is 11.1 Å². The van der Waals surface area contributed by atoms with E-state index < -0.39 is 11.5 Å². The van der Waals surface area contributed by atoms with Crippen molar-refractivity contribution in [3.63, 3.8) is 0 Å². The van der Waals surface area contributed by atoms with E-state index in [0.717, 1.165) is 6.20 Å². The third-order valence-electron chi connectivity index (χ3n) is 2.37. The van der Waals surface area contributed by atoms with Gasteiger partial charge in [0.2, 0.25) is 0 Å². The van der Waals surface area contributed by atoms with Gasteiger partial charge in [-0.15, -0.1) is 0 Å². The summed E-state index contributed by atoms with van der Waals surface area (Å²) in [6, 6.07) is 5.91. The van der Waals surface area contributed by atoms with Gasteiger partial charge in [-0.25, -0.2) is 4.79 Å². The summed E-state index contributed by atoms with van der Waals surface area (Å²) in [5, 5.41) is 9.61. The Morgan fingerprint density at radius 1 is 1.17 bits per heavy atom. The summed E-state index contributed by atoms with van der Waals surface area (Å²) in [7, 11) is 0. The second kappa shape index (κ2) is 4.84. The van der Waals surface area contributed by atoms with Crippen LogP contribution in [0.25, 0.3) is 11.1 Å². The number of aromatic nitrogens is 1. The molecule has 2 rings (SSSR count). The highest BCUT2D eigenvalue weighted by atomic mass is 35.5. The Hall–Kier alpha value is -1.78. The Kier molecular flexibility index (Phi) is 3.41. The molecule has 0 bridgehead atoms. The van der Waals surface area contributed by atoms with Crippen molar-refractivity contribution in [1.29, 1.82) is 0 Å². The molecule has 0 fully saturated rings. The number of aromatic carboxylic acids is 1. The molecule has 18 heavy (non-hydrogen) atoms. The SMILES string of the molecule is O=C(O)c1c[nH]c(=O)c(-c2ccc(Cl)cc2Cl)c1. The molecule has 0 aliphatic carbocycles. The quantitative estimate of drug-likeness (QED) is 0.890. The molecule has 0 aliphatic rings. The normalized spacial score (nSPS) is 10.3. The third kappa shape index (κ3) is 2.39. The Bertz CT molecular complexity index is 679. The van der Waals surface area contributed by atoms with Gasteiger partial charge in [-0.2, -0.15) is 0 Å². The number of hydrogen-bond acceptors (Lipinski definition) is 2. The van der Waals surface area contributed by atoms with Gasteiger partial charge in [0.1, 0.15) is 0 Å². The standard InChI is InChI=1S/C12H7Cl2NO3/c13-7-1-2-8(10(14)4-7)9-3-6(12(17)18)5-15-11(9)16/h1-5H,(H,15,16)(H,17,18). The van der Waals surface area contributed by atoms with Gasteiger partial charge in [-0.05, 0) is 18.2 Å². The van der Waals surface area contributed by atoms with Crippen LogP contribution in [0.2, 0.25) is 10.0 Å². The van der Waals surface area contributed by atoms with E-state index in [4.69, 9.17) is 28.3 Å². The topological polar surface area (TPSA) is 70.2 Å². The summed E-state index contributed by atoms with van der Waals surface area (Å²) in [5.41, 5.74) is 0.196. The zero-order valence-electron chi connectivity index (χ0n) is 8.91. The van der Waals surface area contributed by atoms with Gasteiger partial charge in [0.25, 0.3) is 5.56 Å². The lowest BCUT2D eigenvalue weighted by Gasteiger charge is -2.05. The molecule has 0 radical (unpaired) electrons. The molecule has 4 nitrogen and oxygen atoms in total. The number of rotatable bonds is 2. The molecule has 6 heteroatoms. The van der Waals surface area contributed by atoms with Gasteiger partial charge in [0, 0.05) is 22.3 Å². The van der Waals surface area contributed by atoms with Crippen LogP contribution in [0.15, 0.2) is 35.3 Å². The van der Waals surface area contributed by atoms with Crippen molar-refractivity contribution in [2.75, 3.05) is 0 Å². The minimum atomic E-state index is -1.13. The molecule has 0 aliphatic heterocycles. The van der Waals surface area contributed by atoms with Crippen LogP contribution in [0.3, 0.4) is 0 Å². The molecular formula is C12H7Cl2NO3. The maximum Gasteiger partial charge on any atom is 0.337 e. The summed E-state index contributed by atoms with van der Waals surface area (Å²) in [4.78, 5) is 24.9. The first-order valence-electron chi connectivity index (χ1n) is 4.90. The van der Waals surface area contributed by atoms with E-state index in [2.05, 4.69) is 4.98 Å². The highest BCUT2D eigenvalue weighted by molar-refractivity contribution is 6.36. The summed E-state index contributed by atoms with van der Waals surface area (Å²) >= 11 is 11.7. The number of hydrogen-bond donors (Lipinski definition) is 2. The zero-order chi connectivity index (χ0) is 13.3. The van der Waals surface area contributed by atoms with E-state index in [-0.39, 0.29) is 16.1 Å². The molecule has 0 atom stereocenters. The predicted octanol–water partition coefficient (Wildman–Crippen LogP) is 3.05. The highest BCUT2D eigenvalue weighted by Crippen LogP contribution is 2.28. The van der Waals surface area contributed by atoms with Crippen molar-refractivity contribution in [2.24, 2.45) is 0 Å². The number of H-pyrrole nitrogens is 1. The maximum absolute atomic E-state index is 11.7. The Morgan fingerprint density at radius 3 is 2.50 bits per heavy atom. The lowest BCUT2D eigenvalue weighted by Crippen LogP contribution is -2.11. The number of pyridine rings is 1. The van der Waals surface area contributed by atoms with Crippen molar-refractivity contribution < 1.29 is 9.90 Å². The monoisotopic (exact) mass is 283 g/mol. The lowest BCUT2D eigenvalue weighted by molar-refractivity contribution is 0.0696. The molecule has 92 valence electrons. The smallest absolute Gasteiger partial charge is 0.337 e. The minimum absolute atomic E-state index is 0.0179. The van der Waals surface area contributed by atoms with E-state index in [9.17, 15) is 9.59 Å². The van der Waals surface area contributed by atoms with Crippen molar-refractivity contribution in [1.82, 2.24) is 4.98 Å². The zero-order valence-corrected chi connectivity index (χ0v) is 10.4. The van der Waals surface area contributed by atoms with E-state index in [0.29, 0.717) is 10.6 Å². The molecule has 1 heterocycles. The summed E-state index contributed by atoms with van der Waals surface area (Å²) in [6.45, 7) is 0. The van der Waals surface area contributed by atoms with E-state index >= 15 is 0 Å². The van der Waals surface area contributed by atoms with Crippen molar-refractivity contribution in [3.05, 3.63) is 56.4 Å². The molecule has 0 spiro atoms. The number of nitrogens with one attached hydrogen (secondary N) is 1. The molecule has 1 aromatic heterocycles. The highest BCUT2D eigenvalue weighted by Gasteiger charge is 2.11. The first kappa shape index (κ1) is 12.7. The molecule has 0 amide bonds. The van der Waals surface area contributed by atoms with Crippen LogP contribution < -0.4 is 5.56 Å². The van der Waals surface area contributed by atoms with Crippen molar-refractivity contribution in [2.45, 2.75) is 0 Å². The molecule has 2 N–H and O–H groups in total. The first-order chi connectivity index (χ1) is 8.49. The number of halogens is 2. The molecular weight excluding hydrogens is 277 g/mol. The number of benzene rings is 1. The fraction of sp³-hybridized carbons (Fsp3) is 0.